The fraction of sp³-hybridized carbons (Fsp3) is 0.500. The van der Waals surface area contributed by atoms with Gasteiger partial charge in [0.15, 0.2) is 9.84 Å². The molecule has 0 bridgehead atoms. The molecule has 0 saturated heterocycles. The first kappa shape index (κ1) is 23.3. The van der Waals surface area contributed by atoms with Gasteiger partial charge < -0.3 is 5.11 Å². The van der Waals surface area contributed by atoms with Gasteiger partial charge in [0.1, 0.15) is 22.5 Å². The minimum atomic E-state index is -3.61. The van der Waals surface area contributed by atoms with Crippen molar-refractivity contribution >= 4 is 20.9 Å². The molecule has 0 aliphatic heterocycles. The van der Waals surface area contributed by atoms with E-state index < -0.39 is 20.0 Å². The summed E-state index contributed by atoms with van der Waals surface area (Å²) in [6, 6.07) is 8.60. The number of fused-ring (bicyclic) bond motifs is 1. The monoisotopic (exact) mass is 443 g/mol. The zero-order valence-electron chi connectivity index (χ0n) is 19.9. The molecular weight excluding hydrogens is 410 g/mol. The van der Waals surface area contributed by atoms with Crippen LogP contribution in [-0.4, -0.2) is 33.3 Å². The highest BCUT2D eigenvalue weighted by Gasteiger charge is 2.45. The number of aryl methyl sites for hydroxylation is 1. The van der Waals surface area contributed by atoms with E-state index in [0.29, 0.717) is 16.7 Å². The zero-order valence-corrected chi connectivity index (χ0v) is 20.7. The number of hydrogen-bond acceptors (Lipinski definition) is 5. The Balaban J connectivity index is 2.17. The van der Waals surface area contributed by atoms with E-state index in [4.69, 9.17) is 0 Å². The molecule has 0 aliphatic carbocycles. The van der Waals surface area contributed by atoms with Crippen LogP contribution in [0.1, 0.15) is 66.5 Å². The highest BCUT2D eigenvalue weighted by atomic mass is 32.2. The molecule has 0 amide bonds. The van der Waals surface area contributed by atoms with E-state index in [-0.39, 0.29) is 16.1 Å². The van der Waals surface area contributed by atoms with Crippen molar-refractivity contribution in [1.82, 2.24) is 15.0 Å². The molecule has 0 spiro atoms. The van der Waals surface area contributed by atoms with Crippen molar-refractivity contribution in [3.63, 3.8) is 0 Å². The number of aromatic nitrogens is 3. The van der Waals surface area contributed by atoms with Gasteiger partial charge in [0, 0.05) is 5.56 Å². The third kappa shape index (κ3) is 3.84. The van der Waals surface area contributed by atoms with Crippen molar-refractivity contribution in [2.45, 2.75) is 77.4 Å². The van der Waals surface area contributed by atoms with Crippen molar-refractivity contribution < 1.29 is 13.5 Å². The molecule has 1 N–H and O–H groups in total. The highest BCUT2D eigenvalue weighted by Crippen LogP contribution is 2.41. The van der Waals surface area contributed by atoms with Gasteiger partial charge in [-0.2, -0.15) is 0 Å². The minimum Gasteiger partial charge on any atom is -0.505 e. The van der Waals surface area contributed by atoms with Crippen molar-refractivity contribution in [1.29, 1.82) is 0 Å². The first-order valence-electron chi connectivity index (χ1n) is 10.4. The van der Waals surface area contributed by atoms with Gasteiger partial charge >= 0.3 is 0 Å². The molecular formula is C24H33N3O3S. The first-order chi connectivity index (χ1) is 14.0. The van der Waals surface area contributed by atoms with Crippen LogP contribution in [0.2, 0.25) is 0 Å². The lowest BCUT2D eigenvalue weighted by atomic mass is 9.83. The summed E-state index contributed by atoms with van der Waals surface area (Å²) in [5.74, 6) is 0.125. The van der Waals surface area contributed by atoms with Crippen molar-refractivity contribution in [3.8, 4) is 11.4 Å². The average Bonchev–Trinajstić information content (AvgIpc) is 3.04. The zero-order chi connectivity index (χ0) is 23.6. The summed E-state index contributed by atoms with van der Waals surface area (Å²) < 4.78 is 25.8. The number of benzene rings is 2. The van der Waals surface area contributed by atoms with Crippen molar-refractivity contribution in [2.24, 2.45) is 5.41 Å². The number of rotatable bonds is 3. The van der Waals surface area contributed by atoms with Gasteiger partial charge in [-0.25, -0.2) is 8.42 Å². The topological polar surface area (TPSA) is 85.1 Å². The number of phenolic OH excluding ortho intramolecular Hbond substituents is 1. The van der Waals surface area contributed by atoms with Gasteiger partial charge in [0.05, 0.1) is 9.64 Å². The standard InChI is InChI=1S/C24H33N3O3S/c1-15-12-17(22(2,3)4)21(28)20(13-15)27-25-18-11-10-16(14-19(18)26-27)31(29,30)24(8,9)23(5,6)7/h10-14,28H,1-9H3. The number of aromatic hydroxyl groups is 1. The maximum Gasteiger partial charge on any atom is 0.184 e. The summed E-state index contributed by atoms with van der Waals surface area (Å²) in [7, 11) is -3.61. The summed E-state index contributed by atoms with van der Waals surface area (Å²) >= 11 is 0. The molecule has 6 nitrogen and oxygen atoms in total. The molecule has 0 radical (unpaired) electrons. The smallest absolute Gasteiger partial charge is 0.184 e. The molecule has 168 valence electrons. The van der Waals surface area contributed by atoms with E-state index in [0.717, 1.165) is 11.1 Å². The molecule has 0 unspecified atom stereocenters. The Hall–Kier alpha value is -2.41. The number of phenols is 1. The molecule has 0 atom stereocenters. The Kier molecular flexibility index (Phi) is 5.29. The van der Waals surface area contributed by atoms with Crippen LogP contribution < -0.4 is 0 Å². The summed E-state index contributed by atoms with van der Waals surface area (Å²) in [6.07, 6.45) is 0. The Morgan fingerprint density at radius 2 is 1.45 bits per heavy atom. The van der Waals surface area contributed by atoms with Gasteiger partial charge in [-0.1, -0.05) is 47.6 Å². The third-order valence-corrected chi connectivity index (χ3v) is 9.23. The number of nitrogens with zero attached hydrogens (tertiary/aromatic N) is 3. The molecule has 0 saturated carbocycles. The van der Waals surface area contributed by atoms with Gasteiger partial charge in [0.25, 0.3) is 0 Å². The molecule has 0 fully saturated rings. The van der Waals surface area contributed by atoms with E-state index in [1.54, 1.807) is 32.0 Å². The molecule has 0 aliphatic rings. The van der Waals surface area contributed by atoms with Crippen LogP contribution in [0.25, 0.3) is 16.7 Å². The van der Waals surface area contributed by atoms with Gasteiger partial charge in [-0.05, 0) is 61.4 Å². The predicted molar refractivity (Wildman–Crippen MR) is 125 cm³/mol. The molecule has 3 aromatic rings. The minimum absolute atomic E-state index is 0.125. The fourth-order valence-corrected chi connectivity index (χ4v) is 5.26. The second-order valence-electron chi connectivity index (χ2n) is 10.8. The maximum atomic E-state index is 13.4. The van der Waals surface area contributed by atoms with Crippen LogP contribution in [0.3, 0.4) is 0 Å². The van der Waals surface area contributed by atoms with Crippen LogP contribution >= 0.6 is 0 Å². The Morgan fingerprint density at radius 3 is 2.00 bits per heavy atom. The Morgan fingerprint density at radius 1 is 0.871 bits per heavy atom. The van der Waals surface area contributed by atoms with Crippen molar-refractivity contribution in [3.05, 3.63) is 41.5 Å². The SMILES string of the molecule is Cc1cc(-n2nc3ccc(S(=O)(=O)C(C)(C)C(C)(C)C)cc3n2)c(O)c(C(C)(C)C)c1. The van der Waals surface area contributed by atoms with E-state index in [1.807, 2.05) is 60.6 Å². The summed E-state index contributed by atoms with van der Waals surface area (Å²) in [4.78, 5) is 1.60. The van der Waals surface area contributed by atoms with Gasteiger partial charge in [-0.15, -0.1) is 15.0 Å². The second kappa shape index (κ2) is 7.05. The van der Waals surface area contributed by atoms with Gasteiger partial charge in [-0.3, -0.25) is 0 Å². The first-order valence-corrected chi connectivity index (χ1v) is 11.9. The summed E-state index contributed by atoms with van der Waals surface area (Å²) in [5, 5.41) is 19.9. The summed E-state index contributed by atoms with van der Waals surface area (Å²) in [6.45, 7) is 17.3. The van der Waals surface area contributed by atoms with E-state index >= 15 is 0 Å². The molecule has 31 heavy (non-hydrogen) atoms. The Bertz CT molecular complexity index is 1260. The number of sulfone groups is 1. The van der Waals surface area contributed by atoms with Gasteiger partial charge in [0.2, 0.25) is 0 Å². The fourth-order valence-electron chi connectivity index (χ4n) is 3.35. The van der Waals surface area contributed by atoms with Crippen LogP contribution in [0, 0.1) is 12.3 Å². The quantitative estimate of drug-likeness (QED) is 0.591. The van der Waals surface area contributed by atoms with Crippen LogP contribution in [0.5, 0.6) is 5.75 Å². The van der Waals surface area contributed by atoms with E-state index in [9.17, 15) is 13.5 Å². The van der Waals surface area contributed by atoms with E-state index in [1.165, 1.54) is 4.80 Å². The molecule has 1 heterocycles. The lowest BCUT2D eigenvalue weighted by Crippen LogP contribution is -2.44. The third-order valence-electron chi connectivity index (χ3n) is 6.40. The Labute approximate surface area is 185 Å². The highest BCUT2D eigenvalue weighted by molar-refractivity contribution is 7.92. The average molecular weight is 444 g/mol. The molecule has 1 aromatic heterocycles. The van der Waals surface area contributed by atoms with E-state index in [2.05, 4.69) is 10.2 Å². The summed E-state index contributed by atoms with van der Waals surface area (Å²) in [5.41, 5.74) is 2.58. The normalized spacial score (nSPS) is 13.7. The lowest BCUT2D eigenvalue weighted by Gasteiger charge is -2.38. The maximum absolute atomic E-state index is 13.4. The predicted octanol–water partition coefficient (Wildman–Crippen LogP) is 5.33. The molecule has 2 aromatic carbocycles. The molecule has 3 rings (SSSR count). The largest absolute Gasteiger partial charge is 0.505 e. The van der Waals surface area contributed by atoms with Crippen molar-refractivity contribution in [2.75, 3.05) is 0 Å². The molecule has 7 heteroatoms. The van der Waals surface area contributed by atoms with Crippen LogP contribution in [0.15, 0.2) is 35.2 Å². The second-order valence-corrected chi connectivity index (χ2v) is 13.3. The lowest BCUT2D eigenvalue weighted by molar-refractivity contribution is 0.302. The van der Waals surface area contributed by atoms with Crippen LogP contribution in [0.4, 0.5) is 0 Å². The number of hydrogen-bond donors (Lipinski definition) is 1. The van der Waals surface area contributed by atoms with Crippen LogP contribution in [-0.2, 0) is 15.3 Å².